The van der Waals surface area contributed by atoms with Crippen molar-refractivity contribution in [2.24, 2.45) is 5.73 Å². The topological polar surface area (TPSA) is 64.1 Å². The Labute approximate surface area is 107 Å². The molecule has 0 unspecified atom stereocenters. The van der Waals surface area contributed by atoms with Gasteiger partial charge in [0.25, 0.3) is 0 Å². The molecule has 18 heavy (non-hydrogen) atoms. The molecule has 0 aliphatic heterocycles. The van der Waals surface area contributed by atoms with Crippen LogP contribution in [0.3, 0.4) is 0 Å². The van der Waals surface area contributed by atoms with Gasteiger partial charge in [0, 0.05) is 24.7 Å². The Balaban J connectivity index is 1.74. The number of nitrogens with zero attached hydrogens (tertiary/aromatic N) is 1. The first-order chi connectivity index (χ1) is 8.70. The number of anilines is 1. The molecule has 0 bridgehead atoms. The number of aromatic nitrogens is 1. The van der Waals surface area contributed by atoms with Gasteiger partial charge in [0.05, 0.1) is 0 Å². The Morgan fingerprint density at radius 1 is 1.28 bits per heavy atom. The van der Waals surface area contributed by atoms with Crippen molar-refractivity contribution in [2.75, 3.05) is 5.32 Å². The van der Waals surface area contributed by atoms with Gasteiger partial charge in [-0.15, -0.1) is 0 Å². The summed E-state index contributed by atoms with van der Waals surface area (Å²) in [4.78, 5) is 4.35. The zero-order valence-corrected chi connectivity index (χ0v) is 10.6. The lowest BCUT2D eigenvalue weighted by molar-refractivity contribution is 0.411. The first-order valence-electron chi connectivity index (χ1n) is 6.60. The van der Waals surface area contributed by atoms with Crippen molar-refractivity contribution < 1.29 is 4.42 Å². The predicted molar refractivity (Wildman–Crippen MR) is 72.6 cm³/mol. The Bertz CT molecular complexity index is 541. The number of benzene rings is 1. The minimum atomic E-state index is 0.392. The van der Waals surface area contributed by atoms with Crippen LogP contribution in [-0.2, 0) is 0 Å². The second-order valence-electron chi connectivity index (χ2n) is 5.17. The first-order valence-corrected chi connectivity index (χ1v) is 6.60. The molecule has 1 aromatic carbocycles. The molecule has 0 saturated heterocycles. The fourth-order valence-electron chi connectivity index (χ4n) is 2.63. The van der Waals surface area contributed by atoms with Crippen LogP contribution >= 0.6 is 0 Å². The molecule has 3 N–H and O–H groups in total. The Morgan fingerprint density at radius 3 is 2.83 bits per heavy atom. The molecule has 0 amide bonds. The number of hydrogen-bond donors (Lipinski definition) is 2. The third-order valence-corrected chi connectivity index (χ3v) is 3.64. The van der Waals surface area contributed by atoms with Crippen LogP contribution in [0.25, 0.3) is 11.1 Å². The summed E-state index contributed by atoms with van der Waals surface area (Å²) < 4.78 is 5.47. The molecule has 2 aromatic rings. The molecule has 3 rings (SSSR count). The summed E-state index contributed by atoms with van der Waals surface area (Å²) in [6.45, 7) is 1.87. The average Bonchev–Trinajstić information content (AvgIpc) is 2.71. The highest BCUT2D eigenvalue weighted by molar-refractivity contribution is 5.77. The summed E-state index contributed by atoms with van der Waals surface area (Å²) in [7, 11) is 0. The molecule has 1 saturated carbocycles. The summed E-state index contributed by atoms with van der Waals surface area (Å²) in [5, 5.41) is 3.57. The van der Waals surface area contributed by atoms with Gasteiger partial charge in [0.1, 0.15) is 5.52 Å². The molecule has 96 valence electrons. The van der Waals surface area contributed by atoms with E-state index >= 15 is 0 Å². The van der Waals surface area contributed by atoms with E-state index in [2.05, 4.69) is 22.4 Å². The van der Waals surface area contributed by atoms with E-state index in [0.717, 1.165) is 42.5 Å². The van der Waals surface area contributed by atoms with Crippen LogP contribution in [0.1, 0.15) is 31.6 Å². The van der Waals surface area contributed by atoms with Crippen molar-refractivity contribution in [1.82, 2.24) is 4.98 Å². The summed E-state index contributed by atoms with van der Waals surface area (Å²) >= 11 is 0. The van der Waals surface area contributed by atoms with E-state index < -0.39 is 0 Å². The second-order valence-corrected chi connectivity index (χ2v) is 5.17. The minimum absolute atomic E-state index is 0.392. The molecule has 1 aliphatic rings. The van der Waals surface area contributed by atoms with Crippen molar-refractivity contribution in [1.29, 1.82) is 0 Å². The maximum atomic E-state index is 5.92. The molecule has 0 atom stereocenters. The zero-order chi connectivity index (χ0) is 12.5. The molecular formula is C14H19N3O. The van der Waals surface area contributed by atoms with Crippen LogP contribution in [0.4, 0.5) is 5.69 Å². The number of oxazole rings is 1. The van der Waals surface area contributed by atoms with Gasteiger partial charge in [-0.1, -0.05) is 0 Å². The summed E-state index contributed by atoms with van der Waals surface area (Å²) in [5.74, 6) is 0.714. The number of nitrogens with two attached hydrogens (primary N) is 1. The minimum Gasteiger partial charge on any atom is -0.441 e. The number of nitrogens with one attached hydrogen (secondary N) is 1. The molecular weight excluding hydrogens is 226 g/mol. The molecule has 1 aliphatic carbocycles. The fourth-order valence-corrected chi connectivity index (χ4v) is 2.63. The van der Waals surface area contributed by atoms with E-state index in [4.69, 9.17) is 10.2 Å². The molecule has 1 fully saturated rings. The average molecular weight is 245 g/mol. The van der Waals surface area contributed by atoms with Crippen molar-refractivity contribution in [3.8, 4) is 0 Å². The van der Waals surface area contributed by atoms with Gasteiger partial charge in [-0.3, -0.25) is 0 Å². The number of hydrogen-bond acceptors (Lipinski definition) is 4. The van der Waals surface area contributed by atoms with E-state index in [1.54, 1.807) is 0 Å². The maximum Gasteiger partial charge on any atom is 0.192 e. The lowest BCUT2D eigenvalue weighted by Crippen LogP contribution is -2.32. The monoisotopic (exact) mass is 245 g/mol. The van der Waals surface area contributed by atoms with Gasteiger partial charge < -0.3 is 15.5 Å². The number of fused-ring (bicyclic) bond motifs is 1. The van der Waals surface area contributed by atoms with Gasteiger partial charge in [-0.2, -0.15) is 0 Å². The van der Waals surface area contributed by atoms with Gasteiger partial charge in [-0.25, -0.2) is 4.98 Å². The summed E-state index contributed by atoms with van der Waals surface area (Å²) in [6, 6.07) is 7.02. The van der Waals surface area contributed by atoms with Gasteiger partial charge in [0.15, 0.2) is 11.5 Å². The third kappa shape index (κ3) is 2.34. The smallest absolute Gasteiger partial charge is 0.192 e. The predicted octanol–water partition coefficient (Wildman–Crippen LogP) is 2.82. The Hall–Kier alpha value is -1.55. The molecule has 1 aromatic heterocycles. The van der Waals surface area contributed by atoms with Crippen LogP contribution in [0, 0.1) is 6.92 Å². The molecule has 4 heteroatoms. The highest BCUT2D eigenvalue weighted by atomic mass is 16.3. The van der Waals surface area contributed by atoms with Crippen LogP contribution in [0.5, 0.6) is 0 Å². The van der Waals surface area contributed by atoms with Gasteiger partial charge in [0.2, 0.25) is 0 Å². The number of aryl methyl sites for hydroxylation is 1. The highest BCUT2D eigenvalue weighted by Crippen LogP contribution is 2.24. The third-order valence-electron chi connectivity index (χ3n) is 3.64. The second kappa shape index (κ2) is 4.61. The largest absolute Gasteiger partial charge is 0.441 e. The fraction of sp³-hybridized carbons (Fsp3) is 0.500. The zero-order valence-electron chi connectivity index (χ0n) is 10.6. The Kier molecular flexibility index (Phi) is 2.96. The van der Waals surface area contributed by atoms with Crippen LogP contribution < -0.4 is 11.1 Å². The lowest BCUT2D eigenvalue weighted by Gasteiger charge is -2.27. The first kappa shape index (κ1) is 11.5. The normalized spacial score (nSPS) is 24.3. The van der Waals surface area contributed by atoms with E-state index in [0.29, 0.717) is 18.0 Å². The van der Waals surface area contributed by atoms with Crippen LogP contribution in [0.2, 0.25) is 0 Å². The lowest BCUT2D eigenvalue weighted by atomic mass is 9.91. The SMILES string of the molecule is Cc1nc2cc(NC3CCC(N)CC3)ccc2o1. The van der Waals surface area contributed by atoms with E-state index in [-0.39, 0.29) is 0 Å². The summed E-state index contributed by atoms with van der Waals surface area (Å²) in [6.07, 6.45) is 4.53. The molecule has 4 nitrogen and oxygen atoms in total. The molecule has 0 spiro atoms. The maximum absolute atomic E-state index is 5.92. The standard InChI is InChI=1S/C14H19N3O/c1-9-16-13-8-12(6-7-14(13)18-9)17-11-4-2-10(15)3-5-11/h6-8,10-11,17H,2-5,15H2,1H3. The number of rotatable bonds is 2. The molecule has 1 heterocycles. The van der Waals surface area contributed by atoms with Crippen molar-refractivity contribution in [2.45, 2.75) is 44.7 Å². The Morgan fingerprint density at radius 2 is 2.06 bits per heavy atom. The van der Waals surface area contributed by atoms with Crippen molar-refractivity contribution in [3.05, 3.63) is 24.1 Å². The van der Waals surface area contributed by atoms with Gasteiger partial charge in [-0.05, 0) is 43.9 Å². The van der Waals surface area contributed by atoms with E-state index in [1.807, 2.05) is 13.0 Å². The van der Waals surface area contributed by atoms with Crippen LogP contribution in [-0.4, -0.2) is 17.1 Å². The summed E-state index contributed by atoms with van der Waals surface area (Å²) in [5.41, 5.74) is 8.81. The molecule has 0 radical (unpaired) electrons. The highest BCUT2D eigenvalue weighted by Gasteiger charge is 2.18. The van der Waals surface area contributed by atoms with Crippen molar-refractivity contribution in [3.63, 3.8) is 0 Å². The van der Waals surface area contributed by atoms with E-state index in [9.17, 15) is 0 Å². The quantitative estimate of drug-likeness (QED) is 0.854. The van der Waals surface area contributed by atoms with Gasteiger partial charge >= 0.3 is 0 Å². The van der Waals surface area contributed by atoms with E-state index in [1.165, 1.54) is 0 Å². The van der Waals surface area contributed by atoms with Crippen LogP contribution in [0.15, 0.2) is 22.6 Å². The van der Waals surface area contributed by atoms with Crippen molar-refractivity contribution >= 4 is 16.8 Å².